The van der Waals surface area contributed by atoms with Crippen LogP contribution in [0.5, 0.6) is 5.75 Å². The third-order valence-corrected chi connectivity index (χ3v) is 3.51. The number of carbonyl (C=O) groups is 1. The molecule has 6 nitrogen and oxygen atoms in total. The molecule has 1 heterocycles. The van der Waals surface area contributed by atoms with Crippen molar-refractivity contribution in [3.05, 3.63) is 40.1 Å². The Morgan fingerprint density at radius 1 is 1.50 bits per heavy atom. The van der Waals surface area contributed by atoms with Crippen molar-refractivity contribution < 1.29 is 14.6 Å². The molecule has 1 aromatic carbocycles. The minimum Gasteiger partial charge on any atom is -0.508 e. The van der Waals surface area contributed by atoms with E-state index in [0.29, 0.717) is 28.3 Å². The summed E-state index contributed by atoms with van der Waals surface area (Å²) in [5.41, 5.74) is 7.15. The molecule has 1 aromatic rings. The molecule has 2 rings (SSSR count). The molecule has 7 heteroatoms. The Hall–Kier alpha value is -2.21. The van der Waals surface area contributed by atoms with Crippen LogP contribution in [0.4, 0.5) is 0 Å². The molecule has 0 bridgehead atoms. The van der Waals surface area contributed by atoms with Crippen LogP contribution in [-0.4, -0.2) is 23.6 Å². The summed E-state index contributed by atoms with van der Waals surface area (Å²) in [6.07, 6.45) is 0.544. The number of aromatic hydroxyl groups is 1. The van der Waals surface area contributed by atoms with E-state index >= 15 is 0 Å². The average molecular weight is 324 g/mol. The number of nitrogens with zero attached hydrogens (tertiary/aromatic N) is 1. The molecule has 1 atom stereocenters. The van der Waals surface area contributed by atoms with E-state index in [1.165, 1.54) is 6.07 Å². The number of nitrogens with two attached hydrogens (primary N) is 1. The first-order valence-electron chi connectivity index (χ1n) is 6.96. The van der Waals surface area contributed by atoms with Gasteiger partial charge in [-0.2, -0.15) is 0 Å². The van der Waals surface area contributed by atoms with Gasteiger partial charge in [-0.15, -0.1) is 0 Å². The smallest absolute Gasteiger partial charge is 0.338 e. The van der Waals surface area contributed by atoms with Crippen molar-refractivity contribution in [3.8, 4) is 5.75 Å². The van der Waals surface area contributed by atoms with Crippen molar-refractivity contribution in [1.82, 2.24) is 5.32 Å². The highest BCUT2D eigenvalue weighted by Gasteiger charge is 2.32. The summed E-state index contributed by atoms with van der Waals surface area (Å²) in [6, 6.07) is 3.83. The van der Waals surface area contributed by atoms with E-state index in [0.717, 1.165) is 0 Å². The lowest BCUT2D eigenvalue weighted by atomic mass is 9.94. The summed E-state index contributed by atoms with van der Waals surface area (Å²) in [5, 5.41) is 13.4. The Bertz CT molecular complexity index is 655. The number of rotatable bonds is 4. The summed E-state index contributed by atoms with van der Waals surface area (Å²) in [4.78, 5) is 16.6. The van der Waals surface area contributed by atoms with Gasteiger partial charge in [0.2, 0.25) is 0 Å². The molecule has 0 radical (unpaired) electrons. The maximum Gasteiger partial charge on any atom is 0.338 e. The van der Waals surface area contributed by atoms with Crippen molar-refractivity contribution in [2.24, 2.45) is 10.7 Å². The molecule has 0 aromatic heterocycles. The van der Waals surface area contributed by atoms with Crippen LogP contribution < -0.4 is 11.1 Å². The molecular weight excluding hydrogens is 306 g/mol. The topological polar surface area (TPSA) is 96.9 Å². The number of esters is 1. The van der Waals surface area contributed by atoms with Crippen LogP contribution in [0.25, 0.3) is 0 Å². The normalized spacial score (nSPS) is 17.8. The highest BCUT2D eigenvalue weighted by atomic mass is 35.5. The van der Waals surface area contributed by atoms with Gasteiger partial charge in [-0.25, -0.2) is 9.79 Å². The number of ether oxygens (including phenoxy) is 1. The van der Waals surface area contributed by atoms with Gasteiger partial charge in [0.25, 0.3) is 0 Å². The third kappa shape index (κ3) is 3.17. The quantitative estimate of drug-likeness (QED) is 0.738. The number of phenolic OH excluding ortho intramolecular Hbond substituents is 1. The van der Waals surface area contributed by atoms with Crippen molar-refractivity contribution in [3.63, 3.8) is 0 Å². The zero-order valence-corrected chi connectivity index (χ0v) is 13.1. The number of halogens is 1. The SMILES string of the molecule is CCOC(=O)C1=C(CC)NC(N)=NC1c1cc(Cl)ccc1O. The van der Waals surface area contributed by atoms with Crippen LogP contribution in [0, 0.1) is 0 Å². The molecule has 0 fully saturated rings. The Kier molecular flexibility index (Phi) is 4.92. The predicted molar refractivity (Wildman–Crippen MR) is 84.6 cm³/mol. The fourth-order valence-corrected chi connectivity index (χ4v) is 2.50. The summed E-state index contributed by atoms with van der Waals surface area (Å²) in [5.74, 6) is -0.327. The molecule has 1 aliphatic rings. The monoisotopic (exact) mass is 323 g/mol. The van der Waals surface area contributed by atoms with Crippen molar-refractivity contribution in [1.29, 1.82) is 0 Å². The Morgan fingerprint density at radius 2 is 2.23 bits per heavy atom. The maximum atomic E-state index is 12.3. The van der Waals surface area contributed by atoms with Gasteiger partial charge in [0.1, 0.15) is 11.8 Å². The predicted octanol–water partition coefficient (Wildman–Crippen LogP) is 2.23. The molecular formula is C15H18ClN3O3. The molecule has 0 saturated carbocycles. The highest BCUT2D eigenvalue weighted by molar-refractivity contribution is 6.30. The van der Waals surface area contributed by atoms with Crippen LogP contribution in [0.15, 0.2) is 34.5 Å². The van der Waals surface area contributed by atoms with Crippen molar-refractivity contribution in [2.75, 3.05) is 6.61 Å². The standard InChI is InChI=1S/C15H18ClN3O3/c1-3-10-12(14(21)22-4-2)13(19-15(17)18-10)9-7-8(16)5-6-11(9)20/h5-7,13,20H,3-4H2,1-2H3,(H3,17,18,19). The molecule has 4 N–H and O–H groups in total. The number of aliphatic imine (C=N–C) groups is 1. The first-order valence-corrected chi connectivity index (χ1v) is 7.34. The van der Waals surface area contributed by atoms with Gasteiger partial charge in [-0.3, -0.25) is 0 Å². The average Bonchev–Trinajstić information content (AvgIpc) is 2.48. The van der Waals surface area contributed by atoms with Gasteiger partial charge in [0.15, 0.2) is 5.96 Å². The molecule has 1 unspecified atom stereocenters. The number of allylic oxidation sites excluding steroid dienone is 1. The summed E-state index contributed by atoms with van der Waals surface area (Å²) >= 11 is 5.99. The van der Waals surface area contributed by atoms with E-state index in [2.05, 4.69) is 10.3 Å². The number of nitrogens with one attached hydrogen (secondary N) is 1. The Balaban J connectivity index is 2.57. The summed E-state index contributed by atoms with van der Waals surface area (Å²) < 4.78 is 5.11. The largest absolute Gasteiger partial charge is 0.508 e. The van der Waals surface area contributed by atoms with Gasteiger partial charge in [-0.05, 0) is 31.5 Å². The van der Waals surface area contributed by atoms with E-state index in [1.807, 2.05) is 6.92 Å². The molecule has 118 valence electrons. The lowest BCUT2D eigenvalue weighted by Crippen LogP contribution is -2.38. The summed E-state index contributed by atoms with van der Waals surface area (Å²) in [6.45, 7) is 3.85. The van der Waals surface area contributed by atoms with E-state index in [9.17, 15) is 9.90 Å². The second-order valence-corrected chi connectivity index (χ2v) is 5.15. The number of phenols is 1. The molecule has 0 aliphatic carbocycles. The second kappa shape index (κ2) is 6.70. The first-order chi connectivity index (χ1) is 10.5. The number of benzene rings is 1. The molecule has 1 aliphatic heterocycles. The van der Waals surface area contributed by atoms with Crippen LogP contribution >= 0.6 is 11.6 Å². The van der Waals surface area contributed by atoms with Crippen LogP contribution in [0.2, 0.25) is 5.02 Å². The Morgan fingerprint density at radius 3 is 2.86 bits per heavy atom. The maximum absolute atomic E-state index is 12.3. The minimum absolute atomic E-state index is 0.00917. The second-order valence-electron chi connectivity index (χ2n) is 4.71. The third-order valence-electron chi connectivity index (χ3n) is 3.28. The van der Waals surface area contributed by atoms with Crippen LogP contribution in [0.3, 0.4) is 0 Å². The van der Waals surface area contributed by atoms with E-state index in [4.69, 9.17) is 22.1 Å². The lowest BCUT2D eigenvalue weighted by Gasteiger charge is -2.26. The van der Waals surface area contributed by atoms with Gasteiger partial charge < -0.3 is 20.9 Å². The van der Waals surface area contributed by atoms with Gasteiger partial charge in [-0.1, -0.05) is 18.5 Å². The fraction of sp³-hybridized carbons (Fsp3) is 0.333. The van der Waals surface area contributed by atoms with E-state index < -0.39 is 12.0 Å². The van der Waals surface area contributed by atoms with Crippen molar-refractivity contribution in [2.45, 2.75) is 26.3 Å². The number of guanidine groups is 1. The van der Waals surface area contributed by atoms with E-state index in [1.54, 1.807) is 19.1 Å². The molecule has 0 saturated heterocycles. The van der Waals surface area contributed by atoms with Gasteiger partial charge in [0, 0.05) is 16.3 Å². The zero-order valence-electron chi connectivity index (χ0n) is 12.4. The van der Waals surface area contributed by atoms with Gasteiger partial charge >= 0.3 is 5.97 Å². The summed E-state index contributed by atoms with van der Waals surface area (Å²) in [7, 11) is 0. The number of carbonyl (C=O) groups excluding carboxylic acids is 1. The Labute approximate surface area is 133 Å². The lowest BCUT2D eigenvalue weighted by molar-refractivity contribution is -0.139. The minimum atomic E-state index is -0.756. The van der Waals surface area contributed by atoms with Gasteiger partial charge in [0.05, 0.1) is 12.2 Å². The first kappa shape index (κ1) is 16.2. The van der Waals surface area contributed by atoms with Crippen molar-refractivity contribution >= 4 is 23.5 Å². The van der Waals surface area contributed by atoms with Crippen LogP contribution in [-0.2, 0) is 9.53 Å². The van der Waals surface area contributed by atoms with E-state index in [-0.39, 0.29) is 18.3 Å². The number of hydrogen-bond donors (Lipinski definition) is 3. The number of hydrogen-bond acceptors (Lipinski definition) is 6. The zero-order chi connectivity index (χ0) is 16.3. The van der Waals surface area contributed by atoms with Crippen LogP contribution in [0.1, 0.15) is 31.9 Å². The fourth-order valence-electron chi connectivity index (χ4n) is 2.31. The molecule has 0 spiro atoms. The highest BCUT2D eigenvalue weighted by Crippen LogP contribution is 2.37. The molecule has 0 amide bonds. The molecule has 22 heavy (non-hydrogen) atoms.